The SMILES string of the molecule is CC[C@H](C)[C@H](NC(=O)N1CC(=O)Nc2ccccc21)C(=O)OC. The van der Waals surface area contributed by atoms with Crippen LogP contribution in [-0.4, -0.2) is 37.6 Å². The maximum Gasteiger partial charge on any atom is 0.328 e. The summed E-state index contributed by atoms with van der Waals surface area (Å²) in [5.74, 6) is -0.861. The van der Waals surface area contributed by atoms with Crippen molar-refractivity contribution < 1.29 is 19.1 Å². The standard InChI is InChI=1S/C16H21N3O4/c1-4-10(2)14(15(21)23-3)18-16(22)19-9-13(20)17-11-7-5-6-8-12(11)19/h5-8,10,14H,4,9H2,1-3H3,(H,17,20)(H,18,22)/t10-,14-/m0/s1. The summed E-state index contributed by atoms with van der Waals surface area (Å²) in [6.45, 7) is 3.69. The molecule has 0 aliphatic carbocycles. The van der Waals surface area contributed by atoms with Gasteiger partial charge in [-0.3, -0.25) is 9.69 Å². The number of carbonyl (C=O) groups is 3. The number of urea groups is 1. The van der Waals surface area contributed by atoms with Gasteiger partial charge in [0.05, 0.1) is 18.5 Å². The van der Waals surface area contributed by atoms with Crippen molar-refractivity contribution in [2.45, 2.75) is 26.3 Å². The Hall–Kier alpha value is -2.57. The van der Waals surface area contributed by atoms with E-state index in [9.17, 15) is 14.4 Å². The van der Waals surface area contributed by atoms with Crippen LogP contribution in [0.3, 0.4) is 0 Å². The van der Waals surface area contributed by atoms with Gasteiger partial charge in [-0.25, -0.2) is 9.59 Å². The summed E-state index contributed by atoms with van der Waals surface area (Å²) < 4.78 is 4.76. The van der Waals surface area contributed by atoms with Gasteiger partial charge in [-0.1, -0.05) is 32.4 Å². The van der Waals surface area contributed by atoms with E-state index in [0.717, 1.165) is 0 Å². The lowest BCUT2D eigenvalue weighted by Crippen LogP contribution is -2.53. The average molecular weight is 319 g/mol. The molecule has 1 aromatic carbocycles. The molecule has 1 aromatic rings. The van der Waals surface area contributed by atoms with Gasteiger partial charge < -0.3 is 15.4 Å². The number of anilines is 2. The number of hydrogen-bond acceptors (Lipinski definition) is 4. The quantitative estimate of drug-likeness (QED) is 0.828. The Kier molecular flexibility index (Phi) is 5.20. The van der Waals surface area contributed by atoms with Crippen molar-refractivity contribution >= 4 is 29.3 Å². The zero-order valence-electron chi connectivity index (χ0n) is 13.5. The molecule has 7 heteroatoms. The predicted octanol–water partition coefficient (Wildman–Crippen LogP) is 1.74. The van der Waals surface area contributed by atoms with Gasteiger partial charge in [0.2, 0.25) is 5.91 Å². The minimum Gasteiger partial charge on any atom is -0.467 e. The highest BCUT2D eigenvalue weighted by atomic mass is 16.5. The lowest BCUT2D eigenvalue weighted by molar-refractivity contribution is -0.144. The molecule has 3 amide bonds. The first kappa shape index (κ1) is 16.8. The first-order valence-electron chi connectivity index (χ1n) is 7.52. The molecule has 0 bridgehead atoms. The number of ether oxygens (including phenoxy) is 1. The molecule has 1 aliphatic rings. The van der Waals surface area contributed by atoms with Crippen LogP contribution >= 0.6 is 0 Å². The molecule has 0 aromatic heterocycles. The van der Waals surface area contributed by atoms with Gasteiger partial charge in [0, 0.05) is 0 Å². The van der Waals surface area contributed by atoms with Crippen molar-refractivity contribution in [2.24, 2.45) is 5.92 Å². The van der Waals surface area contributed by atoms with Crippen LogP contribution in [0.4, 0.5) is 16.2 Å². The normalized spacial score (nSPS) is 16.0. The Balaban J connectivity index is 2.22. The zero-order chi connectivity index (χ0) is 17.0. The minimum atomic E-state index is -0.755. The lowest BCUT2D eigenvalue weighted by Gasteiger charge is -2.31. The minimum absolute atomic E-state index is 0.0831. The third-order valence-corrected chi connectivity index (χ3v) is 3.96. The number of carbonyl (C=O) groups excluding carboxylic acids is 3. The van der Waals surface area contributed by atoms with Gasteiger partial charge in [-0.05, 0) is 18.1 Å². The lowest BCUT2D eigenvalue weighted by atomic mass is 9.99. The molecule has 0 saturated carbocycles. The number of amides is 3. The Morgan fingerprint density at radius 3 is 2.74 bits per heavy atom. The number of rotatable bonds is 4. The van der Waals surface area contributed by atoms with Crippen molar-refractivity contribution in [3.8, 4) is 0 Å². The summed E-state index contributed by atoms with van der Waals surface area (Å²) in [5, 5.41) is 5.40. The Morgan fingerprint density at radius 1 is 1.39 bits per heavy atom. The number of hydrogen-bond donors (Lipinski definition) is 2. The van der Waals surface area contributed by atoms with Gasteiger partial charge in [0.15, 0.2) is 0 Å². The maximum atomic E-state index is 12.6. The molecule has 7 nitrogen and oxygen atoms in total. The van der Waals surface area contributed by atoms with Crippen LogP contribution in [0, 0.1) is 5.92 Å². The summed E-state index contributed by atoms with van der Waals surface area (Å²) in [6, 6.07) is 5.77. The molecule has 2 atom stereocenters. The van der Waals surface area contributed by atoms with Gasteiger partial charge in [0.1, 0.15) is 12.6 Å². The number of methoxy groups -OCH3 is 1. The van der Waals surface area contributed by atoms with Crippen LogP contribution in [-0.2, 0) is 14.3 Å². The number of esters is 1. The number of para-hydroxylation sites is 2. The van der Waals surface area contributed by atoms with E-state index in [2.05, 4.69) is 10.6 Å². The molecule has 0 spiro atoms. The second kappa shape index (κ2) is 7.13. The average Bonchev–Trinajstić information content (AvgIpc) is 2.57. The highest BCUT2D eigenvalue weighted by molar-refractivity contribution is 6.09. The first-order valence-corrected chi connectivity index (χ1v) is 7.52. The smallest absolute Gasteiger partial charge is 0.328 e. The van der Waals surface area contributed by atoms with Crippen LogP contribution in [0.25, 0.3) is 0 Å². The van der Waals surface area contributed by atoms with Gasteiger partial charge >= 0.3 is 12.0 Å². The van der Waals surface area contributed by atoms with Gasteiger partial charge in [-0.2, -0.15) is 0 Å². The molecule has 124 valence electrons. The van der Waals surface area contributed by atoms with Crippen molar-refractivity contribution in [3.05, 3.63) is 24.3 Å². The summed E-state index contributed by atoms with van der Waals surface area (Å²) in [6.07, 6.45) is 0.705. The summed E-state index contributed by atoms with van der Waals surface area (Å²) in [7, 11) is 1.29. The van der Waals surface area contributed by atoms with E-state index >= 15 is 0 Å². The number of benzene rings is 1. The van der Waals surface area contributed by atoms with E-state index in [1.165, 1.54) is 12.0 Å². The molecular weight excluding hydrogens is 298 g/mol. The Morgan fingerprint density at radius 2 is 2.09 bits per heavy atom. The van der Waals surface area contributed by atoms with Gasteiger partial charge in [-0.15, -0.1) is 0 Å². The van der Waals surface area contributed by atoms with Crippen molar-refractivity contribution in [1.82, 2.24) is 5.32 Å². The maximum absolute atomic E-state index is 12.6. The molecule has 23 heavy (non-hydrogen) atoms. The molecule has 2 rings (SSSR count). The fourth-order valence-corrected chi connectivity index (χ4v) is 2.42. The Bertz CT molecular complexity index is 617. The first-order chi connectivity index (χ1) is 11.0. The molecule has 0 saturated heterocycles. The van der Waals surface area contributed by atoms with E-state index in [0.29, 0.717) is 17.8 Å². The van der Waals surface area contributed by atoms with E-state index in [4.69, 9.17) is 4.74 Å². The number of nitrogens with one attached hydrogen (secondary N) is 2. The molecular formula is C16H21N3O4. The van der Waals surface area contributed by atoms with Crippen LogP contribution in [0.2, 0.25) is 0 Å². The fraction of sp³-hybridized carbons (Fsp3) is 0.438. The second-order valence-electron chi connectivity index (χ2n) is 5.49. The van der Waals surface area contributed by atoms with E-state index < -0.39 is 18.0 Å². The van der Waals surface area contributed by atoms with Crippen LogP contribution in [0.15, 0.2) is 24.3 Å². The monoisotopic (exact) mass is 319 g/mol. The molecule has 2 N–H and O–H groups in total. The van der Waals surface area contributed by atoms with Crippen LogP contribution in [0.5, 0.6) is 0 Å². The van der Waals surface area contributed by atoms with E-state index in [1.807, 2.05) is 13.8 Å². The van der Waals surface area contributed by atoms with Crippen molar-refractivity contribution in [1.29, 1.82) is 0 Å². The van der Waals surface area contributed by atoms with E-state index in [1.54, 1.807) is 24.3 Å². The van der Waals surface area contributed by atoms with Gasteiger partial charge in [0.25, 0.3) is 0 Å². The van der Waals surface area contributed by atoms with Crippen molar-refractivity contribution in [3.63, 3.8) is 0 Å². The number of nitrogens with zero attached hydrogens (tertiary/aromatic N) is 1. The fourth-order valence-electron chi connectivity index (χ4n) is 2.42. The third kappa shape index (κ3) is 3.61. The van der Waals surface area contributed by atoms with Crippen LogP contribution < -0.4 is 15.5 Å². The highest BCUT2D eigenvalue weighted by Gasteiger charge is 2.32. The molecule has 0 radical (unpaired) electrons. The zero-order valence-corrected chi connectivity index (χ0v) is 13.5. The Labute approximate surface area is 135 Å². The summed E-state index contributed by atoms with van der Waals surface area (Å²) in [4.78, 5) is 37.6. The highest BCUT2D eigenvalue weighted by Crippen LogP contribution is 2.29. The molecule has 1 aliphatic heterocycles. The van der Waals surface area contributed by atoms with Crippen molar-refractivity contribution in [2.75, 3.05) is 23.9 Å². The summed E-state index contributed by atoms with van der Waals surface area (Å²) >= 11 is 0. The number of fused-ring (bicyclic) bond motifs is 1. The molecule has 0 fully saturated rings. The molecule has 1 heterocycles. The topological polar surface area (TPSA) is 87.7 Å². The second-order valence-corrected chi connectivity index (χ2v) is 5.49. The van der Waals surface area contributed by atoms with E-state index in [-0.39, 0.29) is 18.4 Å². The predicted molar refractivity (Wildman–Crippen MR) is 86.2 cm³/mol. The van der Waals surface area contributed by atoms with Crippen LogP contribution in [0.1, 0.15) is 20.3 Å². The third-order valence-electron chi connectivity index (χ3n) is 3.96. The summed E-state index contributed by atoms with van der Waals surface area (Å²) in [5.41, 5.74) is 1.16. The largest absolute Gasteiger partial charge is 0.467 e. The molecule has 0 unspecified atom stereocenters.